The second-order valence-electron chi connectivity index (χ2n) is 35.5. The SMILES string of the molecule is CCCCCCCCSCC(C)C(=O)CCCOC(=O)CCN(CCSCC(C)C(=O)OCCOC(=O)CCN(C)CCCN(C)CCCN(C)CCC(=O)OCCOC(=O)C(C)CSCCN(CCC(=O)OCCOC(=O)C(C)CSCCCCCCCC)CCC(=O)OCCOC(=O)C(C)CSCCCCCCCC)CCC(=O)OCCOC(=O)C(C)CSCCCCCCCC. The number of carbonyl (C=O) groups excluding carboxylic acids is 12. The highest BCUT2D eigenvalue weighted by atomic mass is 32.2. The Morgan fingerprint density at radius 1 is 0.201 bits per heavy atom. The second kappa shape index (κ2) is 92.5. The van der Waals surface area contributed by atoms with Crippen LogP contribution in [0.3, 0.4) is 0 Å². The van der Waals surface area contributed by atoms with Gasteiger partial charge in [-0.2, -0.15) is 70.6 Å². The van der Waals surface area contributed by atoms with Crippen molar-refractivity contribution in [1.82, 2.24) is 24.5 Å². The molecular formula is C100H183N5O23S6. The Balaban J connectivity index is 4.83. The van der Waals surface area contributed by atoms with Gasteiger partial charge in [0, 0.05) is 111 Å². The van der Waals surface area contributed by atoms with Gasteiger partial charge in [-0.05, 0) is 115 Å². The molecule has 6 atom stereocenters. The molecule has 0 aromatic carbocycles. The number of rotatable bonds is 97. The molecule has 0 amide bonds. The van der Waals surface area contributed by atoms with E-state index < -0.39 is 53.6 Å². The number of carbonyl (C=O) groups is 12. The predicted octanol–water partition coefficient (Wildman–Crippen LogP) is 17.5. The minimum absolute atomic E-state index is 0.0285. The molecule has 0 bridgehead atoms. The van der Waals surface area contributed by atoms with Crippen LogP contribution in [-0.2, 0) is 110 Å². The van der Waals surface area contributed by atoms with Crippen molar-refractivity contribution in [3.63, 3.8) is 0 Å². The standard InChI is InChI=1S/C100H183N5O23S6/c1-14-18-22-26-30-34-71-129-77-83(5)89(106)41-38-60-118-92(109)44-54-104(55-45-93(110)121-63-68-124-96(113)84(6)78-130-72-35-31-27-23-19-15-2)58-75-133-81-87(9)99(116)127-66-61-119-90(107)42-52-102(12)50-39-48-101(11)49-40-51-103(13)53-43-91(108)120-62-67-128-100(117)88(10)82-134-76-59-105(56-46-94(111)122-64-69-125-97(114)85(7)79-131-73-36-32-28-24-20-16-3)57-47-95(112)123-65-70-126-98(115)86(8)80-132-74-37-33-29-25-21-17-4/h83-88H,14-82H2,1-13H3. The summed E-state index contributed by atoms with van der Waals surface area (Å²) < 4.78 is 59.7. The van der Waals surface area contributed by atoms with E-state index in [1.54, 1.807) is 49.1 Å². The molecule has 0 saturated carbocycles. The first-order valence-electron chi connectivity index (χ1n) is 50.9. The van der Waals surface area contributed by atoms with Crippen molar-refractivity contribution in [3.8, 4) is 0 Å². The average Bonchev–Trinajstić information content (AvgIpc) is 0.947. The van der Waals surface area contributed by atoms with E-state index in [-0.39, 0.29) is 178 Å². The van der Waals surface area contributed by atoms with Gasteiger partial charge in [0.25, 0.3) is 0 Å². The van der Waals surface area contributed by atoms with Crippen molar-refractivity contribution in [2.45, 2.75) is 288 Å². The van der Waals surface area contributed by atoms with Crippen molar-refractivity contribution in [2.24, 2.45) is 35.5 Å². The molecule has 0 saturated heterocycles. The second-order valence-corrected chi connectivity index (χ2v) is 42.4. The van der Waals surface area contributed by atoms with Crippen molar-refractivity contribution >= 4 is 142 Å². The summed E-state index contributed by atoms with van der Waals surface area (Å²) in [5.74, 6) is 2.99. The Morgan fingerprint density at radius 2 is 0.403 bits per heavy atom. The number of Topliss-reactive ketones (excluding diaryl/α,β-unsaturated/α-hetero) is 1. The highest BCUT2D eigenvalue weighted by molar-refractivity contribution is 8.00. The van der Waals surface area contributed by atoms with Gasteiger partial charge in [0.2, 0.25) is 0 Å². The Kier molecular flexibility index (Phi) is 89.5. The summed E-state index contributed by atoms with van der Waals surface area (Å²) in [6.45, 7) is 25.8. The Labute approximate surface area is 835 Å². The van der Waals surface area contributed by atoms with Crippen LogP contribution in [0.5, 0.6) is 0 Å². The Morgan fingerprint density at radius 3 is 0.657 bits per heavy atom. The molecule has 0 heterocycles. The lowest BCUT2D eigenvalue weighted by atomic mass is 10.0. The number of unbranched alkanes of at least 4 members (excludes halogenated alkanes) is 20. The van der Waals surface area contributed by atoms with Crippen LogP contribution < -0.4 is 0 Å². The van der Waals surface area contributed by atoms with Crippen LogP contribution in [0.15, 0.2) is 0 Å². The summed E-state index contributed by atoms with van der Waals surface area (Å²) in [5.41, 5.74) is 0. The van der Waals surface area contributed by atoms with E-state index in [0.29, 0.717) is 92.4 Å². The van der Waals surface area contributed by atoms with Gasteiger partial charge in [-0.3, -0.25) is 57.5 Å². The molecule has 28 nitrogen and oxygen atoms in total. The zero-order valence-electron chi connectivity index (χ0n) is 85.3. The number of thioether (sulfide) groups is 6. The van der Waals surface area contributed by atoms with Gasteiger partial charge in [-0.1, -0.05) is 198 Å². The highest BCUT2D eigenvalue weighted by Gasteiger charge is 2.24. The monoisotopic (exact) mass is 2010 g/mol. The van der Waals surface area contributed by atoms with E-state index in [4.69, 9.17) is 52.1 Å². The molecule has 134 heavy (non-hydrogen) atoms. The van der Waals surface area contributed by atoms with Gasteiger partial charge in [-0.25, -0.2) is 0 Å². The van der Waals surface area contributed by atoms with E-state index >= 15 is 0 Å². The summed E-state index contributed by atoms with van der Waals surface area (Å²) in [6, 6.07) is 0. The molecule has 34 heteroatoms. The van der Waals surface area contributed by atoms with Crippen LogP contribution in [0, 0.1) is 35.5 Å². The zero-order chi connectivity index (χ0) is 99.1. The summed E-state index contributed by atoms with van der Waals surface area (Å²) in [5, 5.41) is 0. The van der Waals surface area contributed by atoms with Crippen LogP contribution in [0.1, 0.15) is 288 Å². The van der Waals surface area contributed by atoms with Gasteiger partial charge < -0.3 is 76.6 Å². The molecule has 782 valence electrons. The lowest BCUT2D eigenvalue weighted by Gasteiger charge is -2.22. The van der Waals surface area contributed by atoms with Crippen LogP contribution in [0.4, 0.5) is 0 Å². The molecule has 0 radical (unpaired) electrons. The largest absolute Gasteiger partial charge is 0.466 e. The maximum atomic E-state index is 13.0. The number of nitrogens with zero attached hydrogens (tertiary/aromatic N) is 5. The lowest BCUT2D eigenvalue weighted by molar-refractivity contribution is -0.154. The molecule has 0 N–H and O–H groups in total. The molecule has 0 rings (SSSR count). The third kappa shape index (κ3) is 82.5. The molecule has 0 aliphatic rings. The quantitative estimate of drug-likeness (QED) is 0.0310. The fourth-order valence-corrected chi connectivity index (χ4v) is 19.8. The summed E-state index contributed by atoms with van der Waals surface area (Å²) >= 11 is 10.2. The minimum Gasteiger partial charge on any atom is -0.466 e. The fraction of sp³-hybridized carbons (Fsp3) is 0.880. The molecule has 0 aromatic heterocycles. The predicted molar refractivity (Wildman–Crippen MR) is 550 cm³/mol. The van der Waals surface area contributed by atoms with E-state index in [1.165, 1.54) is 158 Å². The Bertz CT molecular complexity index is 2680. The maximum Gasteiger partial charge on any atom is 0.309 e. The molecule has 0 fully saturated rings. The molecule has 0 aliphatic heterocycles. The van der Waals surface area contributed by atoms with E-state index in [9.17, 15) is 57.5 Å². The van der Waals surface area contributed by atoms with Crippen LogP contribution in [0.2, 0.25) is 0 Å². The molecule has 6 unspecified atom stereocenters. The lowest BCUT2D eigenvalue weighted by Crippen LogP contribution is -2.32. The maximum absolute atomic E-state index is 13.0. The number of ketones is 1. The number of esters is 11. The Hall–Kier alpha value is -4.26. The highest BCUT2D eigenvalue weighted by Crippen LogP contribution is 2.22. The van der Waals surface area contributed by atoms with Gasteiger partial charge in [0.15, 0.2) is 0 Å². The van der Waals surface area contributed by atoms with Crippen molar-refractivity contribution in [2.75, 3.05) is 241 Å². The number of hydrogen-bond acceptors (Lipinski definition) is 34. The first kappa shape index (κ1) is 130. The van der Waals surface area contributed by atoms with E-state index in [0.717, 1.165) is 87.0 Å². The third-order valence-electron chi connectivity index (χ3n) is 22.3. The van der Waals surface area contributed by atoms with Crippen LogP contribution >= 0.6 is 70.6 Å². The molecule has 0 aliphatic carbocycles. The normalized spacial score (nSPS) is 12.9. The number of ether oxygens (including phenoxy) is 11. The molecular weight excluding hydrogens is 1830 g/mol. The van der Waals surface area contributed by atoms with Crippen LogP contribution in [0.25, 0.3) is 0 Å². The van der Waals surface area contributed by atoms with Crippen molar-refractivity contribution in [3.05, 3.63) is 0 Å². The van der Waals surface area contributed by atoms with Gasteiger partial charge >= 0.3 is 65.7 Å². The van der Waals surface area contributed by atoms with Gasteiger partial charge in [0.05, 0.1) is 74.7 Å². The zero-order valence-corrected chi connectivity index (χ0v) is 90.2. The van der Waals surface area contributed by atoms with Crippen LogP contribution in [-0.4, -0.2) is 337 Å². The third-order valence-corrected chi connectivity index (χ3v) is 30.0. The summed E-state index contributed by atoms with van der Waals surface area (Å²) in [6.07, 6.45) is 32.6. The minimum atomic E-state index is -0.472. The smallest absolute Gasteiger partial charge is 0.309 e. The molecule has 0 spiro atoms. The van der Waals surface area contributed by atoms with Crippen molar-refractivity contribution < 1.29 is 110 Å². The van der Waals surface area contributed by atoms with E-state index in [1.807, 2.05) is 63.4 Å². The summed E-state index contributed by atoms with van der Waals surface area (Å²) in [4.78, 5) is 164. The van der Waals surface area contributed by atoms with Gasteiger partial charge in [-0.15, -0.1) is 0 Å². The first-order chi connectivity index (χ1) is 64.6. The average molecular weight is 2020 g/mol. The first-order valence-corrected chi connectivity index (χ1v) is 57.8. The summed E-state index contributed by atoms with van der Waals surface area (Å²) in [7, 11) is 5.97. The molecule has 0 aromatic rings. The number of hydrogen-bond donors (Lipinski definition) is 0. The van der Waals surface area contributed by atoms with E-state index in [2.05, 4.69) is 49.4 Å². The van der Waals surface area contributed by atoms with Gasteiger partial charge in [0.1, 0.15) is 71.9 Å². The van der Waals surface area contributed by atoms with Crippen molar-refractivity contribution in [1.29, 1.82) is 0 Å². The topological polar surface area (TPSA) is 323 Å². The fourth-order valence-electron chi connectivity index (χ4n) is 13.4.